The third-order valence-corrected chi connectivity index (χ3v) is 2.46. The molecular formula is C11H16N2O2. The fourth-order valence-electron chi connectivity index (χ4n) is 1.61. The maximum Gasteiger partial charge on any atom is 0.129 e. The zero-order valence-electron chi connectivity index (χ0n) is 8.90. The molecule has 0 atom stereocenters. The van der Waals surface area contributed by atoms with Gasteiger partial charge in [-0.2, -0.15) is 0 Å². The molecule has 0 aromatic carbocycles. The van der Waals surface area contributed by atoms with Gasteiger partial charge in [-0.05, 0) is 6.07 Å². The number of pyridine rings is 1. The van der Waals surface area contributed by atoms with Gasteiger partial charge in [0, 0.05) is 32.2 Å². The van der Waals surface area contributed by atoms with Gasteiger partial charge in [-0.15, -0.1) is 0 Å². The van der Waals surface area contributed by atoms with Gasteiger partial charge in [0.25, 0.3) is 0 Å². The lowest BCUT2D eigenvalue weighted by molar-refractivity contribution is 0.0256. The zero-order valence-corrected chi connectivity index (χ0v) is 8.90. The number of aromatic nitrogens is 1. The summed E-state index contributed by atoms with van der Waals surface area (Å²) in [5.74, 6) is 1.71. The predicted octanol–water partition coefficient (Wildman–Crippen LogP) is 1.68. The topological polar surface area (TPSA) is 43.4 Å². The Hall–Kier alpha value is -1.29. The molecule has 4 heteroatoms. The lowest BCUT2D eigenvalue weighted by Crippen LogP contribution is -2.25. The molecule has 1 saturated heterocycles. The highest BCUT2D eigenvalue weighted by atomic mass is 16.5. The van der Waals surface area contributed by atoms with Gasteiger partial charge in [0.2, 0.25) is 0 Å². The van der Waals surface area contributed by atoms with Crippen LogP contribution < -0.4 is 10.1 Å². The second-order valence-corrected chi connectivity index (χ2v) is 3.56. The molecule has 2 heterocycles. The van der Waals surface area contributed by atoms with E-state index in [1.807, 2.05) is 19.2 Å². The van der Waals surface area contributed by atoms with E-state index < -0.39 is 0 Å². The molecule has 0 aliphatic carbocycles. The van der Waals surface area contributed by atoms with Crippen molar-refractivity contribution in [1.29, 1.82) is 0 Å². The van der Waals surface area contributed by atoms with E-state index >= 15 is 0 Å². The molecule has 4 nitrogen and oxygen atoms in total. The molecule has 0 bridgehead atoms. The molecule has 0 unspecified atom stereocenters. The third-order valence-electron chi connectivity index (χ3n) is 2.46. The van der Waals surface area contributed by atoms with Crippen molar-refractivity contribution < 1.29 is 9.47 Å². The minimum absolute atomic E-state index is 0.283. The maximum absolute atomic E-state index is 5.84. The smallest absolute Gasteiger partial charge is 0.129 e. The minimum atomic E-state index is 0.283. The van der Waals surface area contributed by atoms with Crippen molar-refractivity contribution in [1.82, 2.24) is 4.98 Å². The monoisotopic (exact) mass is 208 g/mol. The highest BCUT2D eigenvalue weighted by Gasteiger charge is 2.15. The van der Waals surface area contributed by atoms with E-state index in [2.05, 4.69) is 10.3 Å². The average molecular weight is 208 g/mol. The van der Waals surface area contributed by atoms with Crippen molar-refractivity contribution in [2.75, 3.05) is 25.6 Å². The largest absolute Gasteiger partial charge is 0.490 e. The van der Waals surface area contributed by atoms with Gasteiger partial charge in [-0.1, -0.05) is 0 Å². The Kier molecular flexibility index (Phi) is 3.40. The van der Waals surface area contributed by atoms with Crippen LogP contribution in [0, 0.1) is 0 Å². The van der Waals surface area contributed by atoms with Gasteiger partial charge >= 0.3 is 0 Å². The lowest BCUT2D eigenvalue weighted by atomic mass is 10.1. The molecule has 1 aliphatic rings. The van der Waals surface area contributed by atoms with Gasteiger partial charge in [0.1, 0.15) is 17.7 Å². The van der Waals surface area contributed by atoms with Crippen LogP contribution in [-0.2, 0) is 4.74 Å². The van der Waals surface area contributed by atoms with E-state index in [1.54, 1.807) is 6.20 Å². The van der Waals surface area contributed by atoms with Crippen molar-refractivity contribution in [3.05, 3.63) is 18.3 Å². The standard InChI is InChI=1S/C11H16N2O2/c1-12-11-8-10(2-5-13-11)15-9-3-6-14-7-4-9/h2,5,8-9H,3-4,6-7H2,1H3,(H,12,13). The van der Waals surface area contributed by atoms with E-state index in [1.165, 1.54) is 0 Å². The van der Waals surface area contributed by atoms with Crippen LogP contribution in [0.2, 0.25) is 0 Å². The Morgan fingerprint density at radius 2 is 2.27 bits per heavy atom. The van der Waals surface area contributed by atoms with Crippen LogP contribution in [0.25, 0.3) is 0 Å². The van der Waals surface area contributed by atoms with Crippen LogP contribution in [-0.4, -0.2) is 31.3 Å². The summed E-state index contributed by atoms with van der Waals surface area (Å²) in [6.45, 7) is 1.60. The highest BCUT2D eigenvalue weighted by Crippen LogP contribution is 2.19. The van der Waals surface area contributed by atoms with Crippen LogP contribution in [0.3, 0.4) is 0 Å². The number of hydrogen-bond acceptors (Lipinski definition) is 4. The maximum atomic E-state index is 5.84. The summed E-state index contributed by atoms with van der Waals surface area (Å²) in [7, 11) is 1.85. The third kappa shape index (κ3) is 2.83. The number of nitrogens with one attached hydrogen (secondary N) is 1. The van der Waals surface area contributed by atoms with Gasteiger partial charge in [-0.3, -0.25) is 0 Å². The zero-order chi connectivity index (χ0) is 10.5. The van der Waals surface area contributed by atoms with Crippen LogP contribution in [0.1, 0.15) is 12.8 Å². The van der Waals surface area contributed by atoms with E-state index in [0.29, 0.717) is 0 Å². The molecule has 1 aliphatic heterocycles. The van der Waals surface area contributed by atoms with Crippen LogP contribution in [0.15, 0.2) is 18.3 Å². The van der Waals surface area contributed by atoms with Crippen molar-refractivity contribution in [2.24, 2.45) is 0 Å². The summed E-state index contributed by atoms with van der Waals surface area (Å²) in [5.41, 5.74) is 0. The number of anilines is 1. The molecule has 1 fully saturated rings. The first kappa shape index (κ1) is 10.2. The van der Waals surface area contributed by atoms with Crippen molar-refractivity contribution in [2.45, 2.75) is 18.9 Å². The summed E-state index contributed by atoms with van der Waals surface area (Å²) < 4.78 is 11.1. The molecule has 1 aromatic rings. The van der Waals surface area contributed by atoms with Gasteiger partial charge in [0.15, 0.2) is 0 Å². The molecule has 0 saturated carbocycles. The normalized spacial score (nSPS) is 17.4. The van der Waals surface area contributed by atoms with Gasteiger partial charge < -0.3 is 14.8 Å². The Morgan fingerprint density at radius 3 is 3.00 bits per heavy atom. The Bertz CT molecular complexity index is 311. The van der Waals surface area contributed by atoms with Crippen LogP contribution >= 0.6 is 0 Å². The predicted molar refractivity (Wildman–Crippen MR) is 58.3 cm³/mol. The molecule has 0 radical (unpaired) electrons. The lowest BCUT2D eigenvalue weighted by Gasteiger charge is -2.23. The van der Waals surface area contributed by atoms with Crippen molar-refractivity contribution in [3.63, 3.8) is 0 Å². The Morgan fingerprint density at radius 1 is 1.47 bits per heavy atom. The van der Waals surface area contributed by atoms with Crippen molar-refractivity contribution >= 4 is 5.82 Å². The van der Waals surface area contributed by atoms with Crippen LogP contribution in [0.5, 0.6) is 5.75 Å². The number of rotatable bonds is 3. The molecule has 1 aromatic heterocycles. The van der Waals surface area contributed by atoms with E-state index in [9.17, 15) is 0 Å². The molecular weight excluding hydrogens is 192 g/mol. The summed E-state index contributed by atoms with van der Waals surface area (Å²) >= 11 is 0. The molecule has 82 valence electrons. The van der Waals surface area contributed by atoms with E-state index in [-0.39, 0.29) is 6.10 Å². The summed E-state index contributed by atoms with van der Waals surface area (Å²) in [5, 5.41) is 2.99. The first-order chi connectivity index (χ1) is 7.38. The fourth-order valence-corrected chi connectivity index (χ4v) is 1.61. The molecule has 15 heavy (non-hydrogen) atoms. The summed E-state index contributed by atoms with van der Waals surface area (Å²) in [6.07, 6.45) is 3.97. The second-order valence-electron chi connectivity index (χ2n) is 3.56. The Labute approximate surface area is 89.6 Å². The average Bonchev–Trinajstić information content (AvgIpc) is 2.31. The Balaban J connectivity index is 1.96. The number of hydrogen-bond donors (Lipinski definition) is 1. The van der Waals surface area contributed by atoms with E-state index in [4.69, 9.17) is 9.47 Å². The number of nitrogens with zero attached hydrogens (tertiary/aromatic N) is 1. The quantitative estimate of drug-likeness (QED) is 0.820. The second kappa shape index (κ2) is 4.98. The molecule has 0 spiro atoms. The first-order valence-corrected chi connectivity index (χ1v) is 5.26. The SMILES string of the molecule is CNc1cc(OC2CCOCC2)ccn1. The van der Waals surface area contributed by atoms with Gasteiger partial charge in [0.05, 0.1) is 13.2 Å². The highest BCUT2D eigenvalue weighted by molar-refractivity contribution is 5.39. The van der Waals surface area contributed by atoms with E-state index in [0.717, 1.165) is 37.6 Å². The van der Waals surface area contributed by atoms with Crippen molar-refractivity contribution in [3.8, 4) is 5.75 Å². The summed E-state index contributed by atoms with van der Waals surface area (Å²) in [4.78, 5) is 4.14. The minimum Gasteiger partial charge on any atom is -0.490 e. The summed E-state index contributed by atoms with van der Waals surface area (Å²) in [6, 6.07) is 3.80. The fraction of sp³-hybridized carbons (Fsp3) is 0.545. The molecule has 1 N–H and O–H groups in total. The van der Waals surface area contributed by atoms with Gasteiger partial charge in [-0.25, -0.2) is 4.98 Å². The van der Waals surface area contributed by atoms with Crippen LogP contribution in [0.4, 0.5) is 5.82 Å². The number of ether oxygens (including phenoxy) is 2. The molecule has 0 amide bonds. The first-order valence-electron chi connectivity index (χ1n) is 5.26. The molecule has 2 rings (SSSR count).